The van der Waals surface area contributed by atoms with Crippen LogP contribution in [0.15, 0.2) is 28.7 Å². The van der Waals surface area contributed by atoms with E-state index in [9.17, 15) is 9.59 Å². The van der Waals surface area contributed by atoms with Crippen LogP contribution in [0.1, 0.15) is 31.2 Å². The van der Waals surface area contributed by atoms with Crippen LogP contribution in [-0.4, -0.2) is 77.6 Å². The maximum absolute atomic E-state index is 13.2. The normalized spacial score (nSPS) is 19.5. The van der Waals surface area contributed by atoms with Crippen molar-refractivity contribution in [3.05, 3.63) is 40.7 Å². The third-order valence-corrected chi connectivity index (χ3v) is 6.58. The summed E-state index contributed by atoms with van der Waals surface area (Å²) in [6.07, 6.45) is 1.57. The largest absolute Gasteiger partial charge is 0.450 e. The second-order valence-corrected chi connectivity index (χ2v) is 9.05. The van der Waals surface area contributed by atoms with Gasteiger partial charge in [0.15, 0.2) is 0 Å². The fraction of sp³-hybridized carbons (Fsp3) is 0.542. The monoisotopic (exact) mass is 474 g/mol. The van der Waals surface area contributed by atoms with Crippen molar-refractivity contribution in [1.82, 2.24) is 19.7 Å². The molecule has 1 atom stereocenters. The molecule has 2 fully saturated rings. The molecule has 33 heavy (non-hydrogen) atoms. The van der Waals surface area contributed by atoms with Gasteiger partial charge in [-0.2, -0.15) is 0 Å². The number of hydrogen-bond acceptors (Lipinski definition) is 6. The Bertz CT molecular complexity index is 969. The number of piperazine rings is 1. The van der Waals surface area contributed by atoms with Gasteiger partial charge in [0, 0.05) is 49.9 Å². The number of ether oxygens (including phenoxy) is 1. The minimum absolute atomic E-state index is 0.0316. The number of aryl methyl sites for hydroxylation is 1. The Morgan fingerprint density at radius 3 is 2.52 bits per heavy atom. The highest BCUT2D eigenvalue weighted by Crippen LogP contribution is 2.26. The Morgan fingerprint density at radius 2 is 1.82 bits per heavy atom. The van der Waals surface area contributed by atoms with Gasteiger partial charge in [-0.1, -0.05) is 11.6 Å². The lowest BCUT2D eigenvalue weighted by Gasteiger charge is -2.38. The van der Waals surface area contributed by atoms with Crippen LogP contribution in [0.3, 0.4) is 0 Å². The summed E-state index contributed by atoms with van der Waals surface area (Å²) in [7, 11) is 0. The van der Waals surface area contributed by atoms with Crippen molar-refractivity contribution in [1.29, 1.82) is 0 Å². The molecule has 4 rings (SSSR count). The second kappa shape index (κ2) is 10.6. The van der Waals surface area contributed by atoms with Gasteiger partial charge in [-0.05, 0) is 57.5 Å². The first kappa shape index (κ1) is 23.6. The molecule has 8 nitrogen and oxygen atoms in total. The molecule has 1 aromatic heterocycles. The third kappa shape index (κ3) is 5.68. The van der Waals surface area contributed by atoms with Crippen LogP contribution in [0.4, 0.5) is 4.79 Å². The first-order valence-corrected chi connectivity index (χ1v) is 12.0. The number of carbonyl (C=O) groups excluding carboxylic acids is 2. The SMILES string of the molecule is CCOC(=O)N1CCN(C(=O)[C@@H]2CCCN(Cc3nc(-c4ccc(Cl)cc4)oc3C)C2)CC1. The highest BCUT2D eigenvalue weighted by atomic mass is 35.5. The van der Waals surface area contributed by atoms with Crippen LogP contribution in [0, 0.1) is 12.8 Å². The Hall–Kier alpha value is -2.58. The van der Waals surface area contributed by atoms with Gasteiger partial charge in [0.25, 0.3) is 0 Å². The summed E-state index contributed by atoms with van der Waals surface area (Å²) in [4.78, 5) is 35.6. The number of amides is 2. The highest BCUT2D eigenvalue weighted by Gasteiger charge is 2.32. The van der Waals surface area contributed by atoms with Crippen LogP contribution >= 0.6 is 11.6 Å². The molecular weight excluding hydrogens is 444 g/mol. The molecule has 0 radical (unpaired) electrons. The van der Waals surface area contributed by atoms with Gasteiger partial charge < -0.3 is 19.0 Å². The molecule has 3 heterocycles. The van der Waals surface area contributed by atoms with E-state index >= 15 is 0 Å². The maximum atomic E-state index is 13.2. The molecule has 9 heteroatoms. The zero-order valence-electron chi connectivity index (χ0n) is 19.3. The second-order valence-electron chi connectivity index (χ2n) is 8.61. The summed E-state index contributed by atoms with van der Waals surface area (Å²) in [5.41, 5.74) is 1.79. The van der Waals surface area contributed by atoms with Crippen LogP contribution in [0.5, 0.6) is 0 Å². The molecule has 1 aromatic carbocycles. The third-order valence-electron chi connectivity index (χ3n) is 6.33. The minimum atomic E-state index is -0.297. The summed E-state index contributed by atoms with van der Waals surface area (Å²) in [6, 6.07) is 7.44. The molecule has 0 unspecified atom stereocenters. The van der Waals surface area contributed by atoms with Crippen molar-refractivity contribution in [2.75, 3.05) is 45.9 Å². The number of rotatable bonds is 5. The summed E-state index contributed by atoms with van der Waals surface area (Å²) in [6.45, 7) is 8.54. The van der Waals surface area contributed by atoms with Crippen molar-refractivity contribution in [3.63, 3.8) is 0 Å². The molecule has 2 amide bonds. The van der Waals surface area contributed by atoms with Gasteiger partial charge in [-0.3, -0.25) is 9.69 Å². The molecule has 2 aliphatic heterocycles. The average molecular weight is 475 g/mol. The standard InChI is InChI=1S/C24H31ClN4O4/c1-3-32-24(31)29-13-11-28(12-14-29)23(30)19-5-4-10-27(15-19)16-21-17(2)33-22(26-21)18-6-8-20(25)9-7-18/h6-9,19H,3-5,10-16H2,1-2H3/t19-/m1/s1. The number of halogens is 1. The quantitative estimate of drug-likeness (QED) is 0.655. The number of benzene rings is 1. The van der Waals surface area contributed by atoms with E-state index in [-0.39, 0.29) is 17.9 Å². The molecule has 0 spiro atoms. The number of piperidine rings is 1. The van der Waals surface area contributed by atoms with Crippen LogP contribution in [0.2, 0.25) is 5.02 Å². The summed E-state index contributed by atoms with van der Waals surface area (Å²) < 4.78 is 11.0. The Kier molecular flexibility index (Phi) is 7.55. The number of carbonyl (C=O) groups is 2. The predicted octanol–water partition coefficient (Wildman–Crippen LogP) is 3.82. The molecule has 0 bridgehead atoms. The molecule has 0 saturated carbocycles. The zero-order chi connectivity index (χ0) is 23.4. The lowest BCUT2D eigenvalue weighted by atomic mass is 9.96. The summed E-state index contributed by atoms with van der Waals surface area (Å²) in [5.74, 6) is 1.53. The van der Waals surface area contributed by atoms with Crippen molar-refractivity contribution in [2.24, 2.45) is 5.92 Å². The first-order valence-electron chi connectivity index (χ1n) is 11.6. The Labute approximate surface area is 199 Å². The molecule has 0 aliphatic carbocycles. The lowest BCUT2D eigenvalue weighted by molar-refractivity contribution is -0.139. The molecule has 2 aliphatic rings. The maximum Gasteiger partial charge on any atom is 0.409 e. The first-order chi connectivity index (χ1) is 15.9. The van der Waals surface area contributed by atoms with Crippen molar-refractivity contribution in [3.8, 4) is 11.5 Å². The number of likely N-dealkylation sites (tertiary alicyclic amines) is 1. The van der Waals surface area contributed by atoms with Crippen molar-refractivity contribution in [2.45, 2.75) is 33.2 Å². The van der Waals surface area contributed by atoms with Crippen molar-refractivity contribution >= 4 is 23.6 Å². The van der Waals surface area contributed by atoms with E-state index in [1.807, 2.05) is 36.1 Å². The van der Waals surface area contributed by atoms with E-state index in [4.69, 9.17) is 25.7 Å². The van der Waals surface area contributed by atoms with E-state index in [2.05, 4.69) is 4.90 Å². The number of aromatic nitrogens is 1. The topological polar surface area (TPSA) is 79.1 Å². The highest BCUT2D eigenvalue weighted by molar-refractivity contribution is 6.30. The van der Waals surface area contributed by atoms with Crippen LogP contribution in [0.25, 0.3) is 11.5 Å². The molecular formula is C24H31ClN4O4. The van der Waals surface area contributed by atoms with Gasteiger partial charge in [-0.15, -0.1) is 0 Å². The van der Waals surface area contributed by atoms with Gasteiger partial charge in [0.1, 0.15) is 5.76 Å². The van der Waals surface area contributed by atoms with Gasteiger partial charge >= 0.3 is 6.09 Å². The molecule has 2 saturated heterocycles. The number of hydrogen-bond donors (Lipinski definition) is 0. The fourth-order valence-corrected chi connectivity index (χ4v) is 4.61. The smallest absolute Gasteiger partial charge is 0.409 e. The van der Waals surface area contributed by atoms with Crippen molar-refractivity contribution < 1.29 is 18.7 Å². The Balaban J connectivity index is 1.33. The number of oxazole rings is 1. The van der Waals surface area contributed by atoms with E-state index < -0.39 is 0 Å². The van der Waals surface area contributed by atoms with E-state index in [1.165, 1.54) is 0 Å². The summed E-state index contributed by atoms with van der Waals surface area (Å²) >= 11 is 5.98. The minimum Gasteiger partial charge on any atom is -0.450 e. The average Bonchev–Trinajstić information content (AvgIpc) is 3.19. The van der Waals surface area contributed by atoms with E-state index in [0.717, 1.165) is 36.4 Å². The molecule has 0 N–H and O–H groups in total. The zero-order valence-corrected chi connectivity index (χ0v) is 20.0. The van der Waals surface area contributed by atoms with Crippen LogP contribution in [-0.2, 0) is 16.1 Å². The molecule has 178 valence electrons. The lowest BCUT2D eigenvalue weighted by Crippen LogP contribution is -2.53. The van der Waals surface area contributed by atoms with Gasteiger partial charge in [-0.25, -0.2) is 9.78 Å². The van der Waals surface area contributed by atoms with Gasteiger partial charge in [0.2, 0.25) is 11.8 Å². The fourth-order valence-electron chi connectivity index (χ4n) is 4.49. The van der Waals surface area contributed by atoms with Gasteiger partial charge in [0.05, 0.1) is 18.2 Å². The van der Waals surface area contributed by atoms with E-state index in [0.29, 0.717) is 56.8 Å². The van der Waals surface area contributed by atoms with E-state index in [1.54, 1.807) is 11.8 Å². The molecule has 2 aromatic rings. The Morgan fingerprint density at radius 1 is 1.12 bits per heavy atom. The predicted molar refractivity (Wildman–Crippen MR) is 125 cm³/mol. The number of nitrogens with zero attached hydrogens (tertiary/aromatic N) is 4. The van der Waals surface area contributed by atoms with Crippen LogP contribution < -0.4 is 0 Å². The summed E-state index contributed by atoms with van der Waals surface area (Å²) in [5, 5.41) is 0.675.